The van der Waals surface area contributed by atoms with E-state index in [0.29, 0.717) is 25.4 Å². The molecule has 0 radical (unpaired) electrons. The van der Waals surface area contributed by atoms with Gasteiger partial charge in [-0.3, -0.25) is 4.79 Å². The van der Waals surface area contributed by atoms with Crippen LogP contribution in [0.2, 0.25) is 0 Å². The molecule has 0 saturated carbocycles. The summed E-state index contributed by atoms with van der Waals surface area (Å²) < 4.78 is 0. The SMILES string of the molecule is CNC(=O)CCNCC(O)c1ccc(CC(C)C)cc1. The number of aliphatic hydroxyl groups is 1. The fraction of sp³-hybridized carbons (Fsp3) is 0.562. The molecule has 0 aliphatic rings. The molecule has 0 fully saturated rings. The summed E-state index contributed by atoms with van der Waals surface area (Å²) in [7, 11) is 1.62. The van der Waals surface area contributed by atoms with Crippen LogP contribution in [0, 0.1) is 5.92 Å². The van der Waals surface area contributed by atoms with Gasteiger partial charge in [-0.15, -0.1) is 0 Å². The van der Waals surface area contributed by atoms with E-state index in [1.165, 1.54) is 5.56 Å². The molecule has 1 aromatic carbocycles. The molecule has 0 saturated heterocycles. The van der Waals surface area contributed by atoms with Crippen molar-refractivity contribution in [2.24, 2.45) is 5.92 Å². The number of amides is 1. The first-order valence-corrected chi connectivity index (χ1v) is 7.21. The molecule has 0 aromatic heterocycles. The quantitative estimate of drug-likeness (QED) is 0.634. The highest BCUT2D eigenvalue weighted by Gasteiger charge is 2.07. The summed E-state index contributed by atoms with van der Waals surface area (Å²) in [6.07, 6.45) is 0.949. The van der Waals surface area contributed by atoms with Gasteiger partial charge in [0.25, 0.3) is 0 Å². The first-order valence-electron chi connectivity index (χ1n) is 7.21. The summed E-state index contributed by atoms with van der Waals surface area (Å²) in [5, 5.41) is 15.7. The fourth-order valence-corrected chi connectivity index (χ4v) is 2.03. The first-order chi connectivity index (χ1) is 9.52. The number of nitrogens with one attached hydrogen (secondary N) is 2. The van der Waals surface area contributed by atoms with Crippen molar-refractivity contribution >= 4 is 5.91 Å². The van der Waals surface area contributed by atoms with E-state index < -0.39 is 6.10 Å². The van der Waals surface area contributed by atoms with E-state index in [-0.39, 0.29) is 5.91 Å². The van der Waals surface area contributed by atoms with Gasteiger partial charge in [0.15, 0.2) is 0 Å². The van der Waals surface area contributed by atoms with Crippen LogP contribution in [0.5, 0.6) is 0 Å². The molecule has 1 amide bonds. The van der Waals surface area contributed by atoms with E-state index in [1.54, 1.807) is 7.05 Å². The molecule has 1 atom stereocenters. The van der Waals surface area contributed by atoms with Crippen molar-refractivity contribution < 1.29 is 9.90 Å². The third kappa shape index (κ3) is 6.17. The van der Waals surface area contributed by atoms with Crippen molar-refractivity contribution in [2.45, 2.75) is 32.8 Å². The maximum absolute atomic E-state index is 11.0. The summed E-state index contributed by atoms with van der Waals surface area (Å²) in [5.41, 5.74) is 2.20. The van der Waals surface area contributed by atoms with E-state index in [0.717, 1.165) is 12.0 Å². The van der Waals surface area contributed by atoms with Crippen LogP contribution in [0.25, 0.3) is 0 Å². The maximum Gasteiger partial charge on any atom is 0.221 e. The number of aliphatic hydroxyl groups excluding tert-OH is 1. The Kier molecular flexibility index (Phi) is 7.26. The first kappa shape index (κ1) is 16.7. The molecule has 20 heavy (non-hydrogen) atoms. The number of benzene rings is 1. The van der Waals surface area contributed by atoms with Gasteiger partial charge >= 0.3 is 0 Å². The van der Waals surface area contributed by atoms with E-state index in [4.69, 9.17) is 0 Å². The Morgan fingerprint density at radius 3 is 2.45 bits per heavy atom. The van der Waals surface area contributed by atoms with Crippen LogP contribution in [0.15, 0.2) is 24.3 Å². The summed E-state index contributed by atoms with van der Waals surface area (Å²) in [5.74, 6) is 0.641. The van der Waals surface area contributed by atoms with Crippen LogP contribution in [0.3, 0.4) is 0 Å². The minimum Gasteiger partial charge on any atom is -0.387 e. The normalized spacial score (nSPS) is 12.4. The molecule has 0 aliphatic heterocycles. The van der Waals surface area contributed by atoms with Gasteiger partial charge in [0.05, 0.1) is 6.10 Å². The molecule has 0 heterocycles. The average Bonchev–Trinajstić information content (AvgIpc) is 2.43. The van der Waals surface area contributed by atoms with Crippen LogP contribution in [0.1, 0.15) is 37.5 Å². The van der Waals surface area contributed by atoms with Crippen molar-refractivity contribution in [3.8, 4) is 0 Å². The summed E-state index contributed by atoms with van der Waals surface area (Å²) in [6.45, 7) is 5.42. The molecule has 112 valence electrons. The molecule has 0 spiro atoms. The Bertz CT molecular complexity index is 401. The predicted molar refractivity (Wildman–Crippen MR) is 81.5 cm³/mol. The highest BCUT2D eigenvalue weighted by atomic mass is 16.3. The Balaban J connectivity index is 2.35. The second-order valence-corrected chi connectivity index (χ2v) is 5.48. The maximum atomic E-state index is 11.0. The number of hydrogen-bond donors (Lipinski definition) is 3. The van der Waals surface area contributed by atoms with Gasteiger partial charge in [-0.05, 0) is 23.5 Å². The van der Waals surface area contributed by atoms with Crippen LogP contribution >= 0.6 is 0 Å². The molecule has 4 heteroatoms. The van der Waals surface area contributed by atoms with Gasteiger partial charge in [0.2, 0.25) is 5.91 Å². The van der Waals surface area contributed by atoms with Crippen molar-refractivity contribution in [3.05, 3.63) is 35.4 Å². The highest BCUT2D eigenvalue weighted by Crippen LogP contribution is 2.15. The summed E-state index contributed by atoms with van der Waals surface area (Å²) in [6, 6.07) is 8.10. The molecule has 0 aliphatic carbocycles. The molecular weight excluding hydrogens is 252 g/mol. The lowest BCUT2D eigenvalue weighted by atomic mass is 10.0. The molecule has 1 unspecified atom stereocenters. The number of hydrogen-bond acceptors (Lipinski definition) is 3. The smallest absolute Gasteiger partial charge is 0.221 e. The lowest BCUT2D eigenvalue weighted by molar-refractivity contribution is -0.120. The van der Waals surface area contributed by atoms with E-state index in [1.807, 2.05) is 12.1 Å². The van der Waals surface area contributed by atoms with Gasteiger partial charge in [-0.25, -0.2) is 0 Å². The minimum absolute atomic E-state index is 0.00466. The van der Waals surface area contributed by atoms with Gasteiger partial charge in [-0.2, -0.15) is 0 Å². The predicted octanol–water partition coefficient (Wildman–Crippen LogP) is 1.64. The van der Waals surface area contributed by atoms with Crippen molar-refractivity contribution in [1.82, 2.24) is 10.6 Å². The second-order valence-electron chi connectivity index (χ2n) is 5.48. The molecular formula is C16H26N2O2. The monoisotopic (exact) mass is 278 g/mol. The van der Waals surface area contributed by atoms with Crippen molar-refractivity contribution in [3.63, 3.8) is 0 Å². The third-order valence-corrected chi connectivity index (χ3v) is 3.15. The zero-order valence-corrected chi connectivity index (χ0v) is 12.6. The fourth-order valence-electron chi connectivity index (χ4n) is 2.03. The average molecular weight is 278 g/mol. The molecule has 1 rings (SSSR count). The zero-order valence-electron chi connectivity index (χ0n) is 12.6. The molecule has 0 bridgehead atoms. The Labute approximate surface area is 121 Å². The Morgan fingerprint density at radius 1 is 1.25 bits per heavy atom. The second kappa shape index (κ2) is 8.72. The highest BCUT2D eigenvalue weighted by molar-refractivity contribution is 5.75. The van der Waals surface area contributed by atoms with Gasteiger partial charge in [-0.1, -0.05) is 38.1 Å². The molecule has 4 nitrogen and oxygen atoms in total. The zero-order chi connectivity index (χ0) is 15.0. The minimum atomic E-state index is -0.534. The molecule has 3 N–H and O–H groups in total. The van der Waals surface area contributed by atoms with Gasteiger partial charge in [0.1, 0.15) is 0 Å². The van der Waals surface area contributed by atoms with Crippen molar-refractivity contribution in [2.75, 3.05) is 20.1 Å². The third-order valence-electron chi connectivity index (χ3n) is 3.15. The lowest BCUT2D eigenvalue weighted by Crippen LogP contribution is -2.27. The van der Waals surface area contributed by atoms with Crippen LogP contribution in [0.4, 0.5) is 0 Å². The largest absolute Gasteiger partial charge is 0.387 e. The topological polar surface area (TPSA) is 61.4 Å². The number of carbonyl (C=O) groups is 1. The number of rotatable bonds is 8. The van der Waals surface area contributed by atoms with E-state index in [2.05, 4.69) is 36.6 Å². The standard InChI is InChI=1S/C16H26N2O2/c1-12(2)10-13-4-6-14(7-5-13)15(19)11-18-9-8-16(20)17-3/h4-7,12,15,18-19H,8-11H2,1-3H3,(H,17,20). The number of carbonyl (C=O) groups excluding carboxylic acids is 1. The lowest BCUT2D eigenvalue weighted by Gasteiger charge is -2.13. The van der Waals surface area contributed by atoms with Crippen LogP contribution in [-0.2, 0) is 11.2 Å². The molecule has 1 aromatic rings. The summed E-state index contributed by atoms with van der Waals surface area (Å²) in [4.78, 5) is 11.0. The van der Waals surface area contributed by atoms with Crippen molar-refractivity contribution in [1.29, 1.82) is 0 Å². The van der Waals surface area contributed by atoms with Crippen LogP contribution < -0.4 is 10.6 Å². The van der Waals surface area contributed by atoms with E-state index in [9.17, 15) is 9.90 Å². The van der Waals surface area contributed by atoms with Gasteiger partial charge < -0.3 is 15.7 Å². The van der Waals surface area contributed by atoms with E-state index >= 15 is 0 Å². The Hall–Kier alpha value is -1.39. The van der Waals surface area contributed by atoms with Crippen LogP contribution in [-0.4, -0.2) is 31.2 Å². The van der Waals surface area contributed by atoms with Gasteiger partial charge in [0, 0.05) is 26.6 Å². The Morgan fingerprint density at radius 2 is 1.90 bits per heavy atom. The summed E-state index contributed by atoms with van der Waals surface area (Å²) >= 11 is 0.